The zero-order valence-electron chi connectivity index (χ0n) is 12.6. The first-order chi connectivity index (χ1) is 9.11. The molecule has 19 heavy (non-hydrogen) atoms. The molecule has 0 aromatic carbocycles. The largest absolute Gasteiger partial charge is 0.311 e. The third-order valence-electron chi connectivity index (χ3n) is 4.14. The van der Waals surface area contributed by atoms with Crippen molar-refractivity contribution in [1.29, 1.82) is 0 Å². The summed E-state index contributed by atoms with van der Waals surface area (Å²) in [5, 5.41) is 7.86. The van der Waals surface area contributed by atoms with E-state index in [1.165, 1.54) is 12.8 Å². The maximum absolute atomic E-state index is 4.36. The number of hydrogen-bond donors (Lipinski definition) is 1. The Hall–Kier alpha value is -0.940. The van der Waals surface area contributed by atoms with Gasteiger partial charge in [0.2, 0.25) is 0 Å². The molecule has 0 aliphatic carbocycles. The average Bonchev–Trinajstić information content (AvgIpc) is 2.77. The third kappa shape index (κ3) is 3.54. The summed E-state index contributed by atoms with van der Waals surface area (Å²) in [6.45, 7) is 9.95. The topological polar surface area (TPSA) is 46.0 Å². The molecule has 0 spiro atoms. The van der Waals surface area contributed by atoms with Crippen LogP contribution >= 0.6 is 0 Å². The molecule has 2 heterocycles. The van der Waals surface area contributed by atoms with Crippen LogP contribution in [0.5, 0.6) is 0 Å². The summed E-state index contributed by atoms with van der Waals surface area (Å²) in [5.74, 6) is 1.73. The van der Waals surface area contributed by atoms with Crippen LogP contribution < -0.4 is 5.32 Å². The van der Waals surface area contributed by atoms with E-state index in [2.05, 4.69) is 41.1 Å². The fourth-order valence-electron chi connectivity index (χ4n) is 2.79. The maximum Gasteiger partial charge on any atom is 0.140 e. The Kier molecular flexibility index (Phi) is 4.93. The molecule has 2 rings (SSSR count). The highest BCUT2D eigenvalue weighted by Crippen LogP contribution is 2.18. The predicted molar refractivity (Wildman–Crippen MR) is 76.7 cm³/mol. The van der Waals surface area contributed by atoms with Crippen LogP contribution in [0.3, 0.4) is 0 Å². The average molecular weight is 265 g/mol. The van der Waals surface area contributed by atoms with Crippen molar-refractivity contribution in [2.24, 2.45) is 13.0 Å². The van der Waals surface area contributed by atoms with Crippen LogP contribution in [-0.4, -0.2) is 44.8 Å². The summed E-state index contributed by atoms with van der Waals surface area (Å²) in [4.78, 5) is 6.94. The van der Waals surface area contributed by atoms with E-state index in [1.54, 1.807) is 6.33 Å². The van der Waals surface area contributed by atoms with Gasteiger partial charge in [0.25, 0.3) is 0 Å². The first-order valence-corrected chi connectivity index (χ1v) is 7.42. The second kappa shape index (κ2) is 6.48. The smallest absolute Gasteiger partial charge is 0.140 e. The second-order valence-electron chi connectivity index (χ2n) is 5.93. The normalized spacial score (nSPS) is 25.1. The summed E-state index contributed by atoms with van der Waals surface area (Å²) in [6, 6.07) is 1.21. The van der Waals surface area contributed by atoms with Crippen molar-refractivity contribution in [2.75, 3.05) is 13.1 Å². The van der Waals surface area contributed by atoms with E-state index in [4.69, 9.17) is 0 Å². The summed E-state index contributed by atoms with van der Waals surface area (Å²) in [6.07, 6.45) is 4.12. The van der Waals surface area contributed by atoms with Crippen LogP contribution in [-0.2, 0) is 13.6 Å². The molecule has 5 nitrogen and oxygen atoms in total. The van der Waals surface area contributed by atoms with Crippen molar-refractivity contribution in [1.82, 2.24) is 25.0 Å². The molecule has 1 saturated heterocycles. The highest BCUT2D eigenvalue weighted by molar-refractivity contribution is 4.92. The van der Waals surface area contributed by atoms with E-state index in [0.717, 1.165) is 25.5 Å². The van der Waals surface area contributed by atoms with Gasteiger partial charge in [-0.2, -0.15) is 5.10 Å². The fourth-order valence-corrected chi connectivity index (χ4v) is 2.79. The van der Waals surface area contributed by atoms with Gasteiger partial charge < -0.3 is 5.32 Å². The molecule has 1 aliphatic heterocycles. The van der Waals surface area contributed by atoms with E-state index in [-0.39, 0.29) is 0 Å². The van der Waals surface area contributed by atoms with Crippen LogP contribution in [0.4, 0.5) is 0 Å². The number of nitrogens with one attached hydrogen (secondary N) is 1. The standard InChI is InChI=1S/C14H27N5/c1-5-6-12-7-15-13(11(2)3)8-19(12)9-14-16-10-17-18(14)4/h10-13,15H,5-9H2,1-4H3. The van der Waals surface area contributed by atoms with E-state index in [9.17, 15) is 0 Å². The van der Waals surface area contributed by atoms with Gasteiger partial charge in [0.05, 0.1) is 6.54 Å². The minimum Gasteiger partial charge on any atom is -0.311 e. The molecule has 0 bridgehead atoms. The highest BCUT2D eigenvalue weighted by Gasteiger charge is 2.29. The Labute approximate surface area is 116 Å². The predicted octanol–water partition coefficient (Wildman–Crippen LogP) is 1.41. The van der Waals surface area contributed by atoms with Gasteiger partial charge in [0.1, 0.15) is 12.2 Å². The Morgan fingerprint density at radius 3 is 2.84 bits per heavy atom. The first kappa shape index (κ1) is 14.5. The van der Waals surface area contributed by atoms with Crippen molar-refractivity contribution in [3.05, 3.63) is 12.2 Å². The van der Waals surface area contributed by atoms with Gasteiger partial charge >= 0.3 is 0 Å². The van der Waals surface area contributed by atoms with Gasteiger partial charge in [-0.05, 0) is 12.3 Å². The van der Waals surface area contributed by atoms with Gasteiger partial charge in [-0.15, -0.1) is 0 Å². The lowest BCUT2D eigenvalue weighted by Crippen LogP contribution is -2.57. The van der Waals surface area contributed by atoms with Crippen LogP contribution in [0.25, 0.3) is 0 Å². The van der Waals surface area contributed by atoms with Crippen molar-refractivity contribution in [3.8, 4) is 0 Å². The van der Waals surface area contributed by atoms with Gasteiger partial charge in [-0.3, -0.25) is 9.58 Å². The molecule has 0 saturated carbocycles. The molecule has 1 aromatic heterocycles. The molecule has 0 radical (unpaired) electrons. The van der Waals surface area contributed by atoms with Crippen molar-refractivity contribution < 1.29 is 0 Å². The van der Waals surface area contributed by atoms with E-state index < -0.39 is 0 Å². The van der Waals surface area contributed by atoms with Crippen LogP contribution in [0.2, 0.25) is 0 Å². The Bertz CT molecular complexity index is 387. The SMILES string of the molecule is CCCC1CNC(C(C)C)CN1Cc1ncnn1C. The lowest BCUT2D eigenvalue weighted by atomic mass is 9.97. The molecule has 1 N–H and O–H groups in total. The zero-order valence-corrected chi connectivity index (χ0v) is 12.6. The molecule has 1 aromatic rings. The third-order valence-corrected chi connectivity index (χ3v) is 4.14. The summed E-state index contributed by atoms with van der Waals surface area (Å²) < 4.78 is 1.88. The van der Waals surface area contributed by atoms with Crippen molar-refractivity contribution in [2.45, 2.75) is 52.2 Å². The minimum absolute atomic E-state index is 0.585. The van der Waals surface area contributed by atoms with Crippen molar-refractivity contribution in [3.63, 3.8) is 0 Å². The van der Waals surface area contributed by atoms with Gasteiger partial charge in [0, 0.05) is 32.2 Å². The maximum atomic E-state index is 4.36. The lowest BCUT2D eigenvalue weighted by molar-refractivity contribution is 0.0959. The molecular formula is C14H27N5. The number of aromatic nitrogens is 3. The van der Waals surface area contributed by atoms with E-state index in [1.807, 2.05) is 11.7 Å². The highest BCUT2D eigenvalue weighted by atomic mass is 15.3. The van der Waals surface area contributed by atoms with Gasteiger partial charge in [0.15, 0.2) is 0 Å². The molecular weight excluding hydrogens is 238 g/mol. The number of rotatable bonds is 5. The summed E-state index contributed by atoms with van der Waals surface area (Å²) in [7, 11) is 1.97. The number of nitrogens with zero attached hydrogens (tertiary/aromatic N) is 4. The molecule has 5 heteroatoms. The number of aryl methyl sites for hydroxylation is 1. The number of piperazine rings is 1. The first-order valence-electron chi connectivity index (χ1n) is 7.42. The Morgan fingerprint density at radius 2 is 2.26 bits per heavy atom. The minimum atomic E-state index is 0.585. The lowest BCUT2D eigenvalue weighted by Gasteiger charge is -2.41. The molecule has 1 aliphatic rings. The second-order valence-corrected chi connectivity index (χ2v) is 5.93. The van der Waals surface area contributed by atoms with E-state index in [0.29, 0.717) is 18.0 Å². The van der Waals surface area contributed by atoms with Crippen molar-refractivity contribution >= 4 is 0 Å². The molecule has 1 fully saturated rings. The van der Waals surface area contributed by atoms with Crippen LogP contribution in [0, 0.1) is 5.92 Å². The molecule has 0 amide bonds. The zero-order chi connectivity index (χ0) is 13.8. The molecule has 108 valence electrons. The Balaban J connectivity index is 2.05. The van der Waals surface area contributed by atoms with Crippen LogP contribution in [0.15, 0.2) is 6.33 Å². The number of hydrogen-bond acceptors (Lipinski definition) is 4. The summed E-state index contributed by atoms with van der Waals surface area (Å²) >= 11 is 0. The monoisotopic (exact) mass is 265 g/mol. The molecule has 2 unspecified atom stereocenters. The van der Waals surface area contributed by atoms with E-state index >= 15 is 0 Å². The fraction of sp³-hybridized carbons (Fsp3) is 0.857. The summed E-state index contributed by atoms with van der Waals surface area (Å²) in [5.41, 5.74) is 0. The Morgan fingerprint density at radius 1 is 1.47 bits per heavy atom. The molecule has 2 atom stereocenters. The van der Waals surface area contributed by atoms with Crippen LogP contribution in [0.1, 0.15) is 39.4 Å². The quantitative estimate of drug-likeness (QED) is 0.874. The van der Waals surface area contributed by atoms with Gasteiger partial charge in [-0.25, -0.2) is 4.98 Å². The van der Waals surface area contributed by atoms with Gasteiger partial charge in [-0.1, -0.05) is 27.2 Å².